The molecule has 1 aromatic rings. The van der Waals surface area contributed by atoms with Crippen molar-refractivity contribution in [3.63, 3.8) is 0 Å². The minimum Gasteiger partial charge on any atom is -0.482 e. The zero-order valence-electron chi connectivity index (χ0n) is 8.11. The molecule has 0 radical (unpaired) electrons. The molecule has 6 heteroatoms. The molecule has 4 nitrogen and oxygen atoms in total. The van der Waals surface area contributed by atoms with Crippen LogP contribution in [0.15, 0.2) is 16.7 Å². The first kappa shape index (κ1) is 12.7. The Bertz CT molecular complexity index is 324. The van der Waals surface area contributed by atoms with Gasteiger partial charge in [-0.15, -0.1) is 0 Å². The van der Waals surface area contributed by atoms with Crippen molar-refractivity contribution < 1.29 is 14.6 Å². The second kappa shape index (κ2) is 6.27. The lowest BCUT2D eigenvalue weighted by Gasteiger charge is -2.16. The highest BCUT2D eigenvalue weighted by molar-refractivity contribution is 9.10. The zero-order chi connectivity index (χ0) is 11.3. The van der Waals surface area contributed by atoms with Crippen molar-refractivity contribution in [1.82, 2.24) is 4.98 Å². The van der Waals surface area contributed by atoms with Gasteiger partial charge in [-0.2, -0.15) is 0 Å². The van der Waals surface area contributed by atoms with Gasteiger partial charge in [0, 0.05) is 7.11 Å². The van der Waals surface area contributed by atoms with Gasteiger partial charge in [0.15, 0.2) is 10.9 Å². The lowest BCUT2D eigenvalue weighted by molar-refractivity contribution is 0.0411. The molecule has 0 bridgehead atoms. The predicted molar refractivity (Wildman–Crippen MR) is 60.3 cm³/mol. The van der Waals surface area contributed by atoms with Crippen LogP contribution in [0.4, 0.5) is 0 Å². The van der Waals surface area contributed by atoms with Crippen LogP contribution in [-0.4, -0.2) is 36.5 Å². The first-order valence-corrected chi connectivity index (χ1v) is 5.43. The predicted octanol–water partition coefficient (Wildman–Crippen LogP) is 1.88. The second-order valence-corrected chi connectivity index (χ2v) is 3.97. The molecule has 1 aromatic heterocycles. The number of aromatic nitrogens is 1. The van der Waals surface area contributed by atoms with Gasteiger partial charge in [0.25, 0.3) is 0 Å². The summed E-state index contributed by atoms with van der Waals surface area (Å²) in [6, 6.07) is 3.39. The second-order valence-electron chi connectivity index (χ2n) is 2.80. The van der Waals surface area contributed by atoms with E-state index in [4.69, 9.17) is 26.2 Å². The van der Waals surface area contributed by atoms with Crippen molar-refractivity contribution in [2.45, 2.75) is 6.10 Å². The molecule has 0 amide bonds. The van der Waals surface area contributed by atoms with Crippen molar-refractivity contribution in [2.24, 2.45) is 0 Å². The Morgan fingerprint density at radius 3 is 2.87 bits per heavy atom. The van der Waals surface area contributed by atoms with E-state index in [1.165, 1.54) is 7.11 Å². The lowest BCUT2D eigenvalue weighted by Crippen LogP contribution is -2.26. The zero-order valence-corrected chi connectivity index (χ0v) is 10.5. The van der Waals surface area contributed by atoms with E-state index in [9.17, 15) is 0 Å². The van der Waals surface area contributed by atoms with Gasteiger partial charge in [-0.3, -0.25) is 0 Å². The average Bonchev–Trinajstić information content (AvgIpc) is 2.21. The van der Waals surface area contributed by atoms with Gasteiger partial charge < -0.3 is 14.6 Å². The smallest absolute Gasteiger partial charge is 0.172 e. The Kier molecular flexibility index (Phi) is 5.31. The normalized spacial score (nSPS) is 12.5. The van der Waals surface area contributed by atoms with Gasteiger partial charge in [-0.1, -0.05) is 11.6 Å². The van der Waals surface area contributed by atoms with Crippen molar-refractivity contribution in [1.29, 1.82) is 0 Å². The van der Waals surface area contributed by atoms with Gasteiger partial charge in [0.05, 0.1) is 13.2 Å². The summed E-state index contributed by atoms with van der Waals surface area (Å²) in [6.07, 6.45) is -0.435. The van der Waals surface area contributed by atoms with Crippen LogP contribution in [-0.2, 0) is 4.74 Å². The number of methoxy groups -OCH3 is 1. The molecule has 0 aliphatic carbocycles. The van der Waals surface area contributed by atoms with E-state index in [1.54, 1.807) is 12.1 Å². The molecule has 1 unspecified atom stereocenters. The van der Waals surface area contributed by atoms with Crippen LogP contribution in [0, 0.1) is 0 Å². The van der Waals surface area contributed by atoms with Crippen LogP contribution < -0.4 is 4.74 Å². The van der Waals surface area contributed by atoms with Gasteiger partial charge in [-0.05, 0) is 28.1 Å². The quantitative estimate of drug-likeness (QED) is 0.843. The van der Waals surface area contributed by atoms with Gasteiger partial charge >= 0.3 is 0 Å². The number of hydrogen-bond donors (Lipinski definition) is 1. The molecule has 0 aliphatic heterocycles. The Morgan fingerprint density at radius 1 is 1.60 bits per heavy atom. The SMILES string of the molecule is COCC(CO)Oc1ccc(Br)nc1Cl. The number of aliphatic hydroxyl groups excluding tert-OH is 1. The maximum atomic E-state index is 8.99. The monoisotopic (exact) mass is 295 g/mol. The Balaban J connectivity index is 2.70. The third-order valence-corrected chi connectivity index (χ3v) is 2.34. The van der Waals surface area contributed by atoms with E-state index in [0.29, 0.717) is 17.0 Å². The van der Waals surface area contributed by atoms with E-state index in [2.05, 4.69) is 20.9 Å². The molecule has 84 valence electrons. The van der Waals surface area contributed by atoms with Crippen LogP contribution in [0.5, 0.6) is 5.75 Å². The van der Waals surface area contributed by atoms with Crippen LogP contribution in [0.2, 0.25) is 5.15 Å². The summed E-state index contributed by atoms with van der Waals surface area (Å²) in [5.74, 6) is 0.427. The van der Waals surface area contributed by atoms with E-state index >= 15 is 0 Å². The minimum atomic E-state index is -0.435. The molecule has 1 rings (SSSR count). The Hall–Kier alpha value is -0.360. The van der Waals surface area contributed by atoms with Crippen LogP contribution in [0.1, 0.15) is 0 Å². The first-order valence-electron chi connectivity index (χ1n) is 4.26. The summed E-state index contributed by atoms with van der Waals surface area (Å²) < 4.78 is 10.9. The van der Waals surface area contributed by atoms with Crippen molar-refractivity contribution >= 4 is 27.5 Å². The summed E-state index contributed by atoms with van der Waals surface area (Å²) in [4.78, 5) is 3.96. The molecular formula is C9H11BrClNO3. The highest BCUT2D eigenvalue weighted by Crippen LogP contribution is 2.25. The van der Waals surface area contributed by atoms with Crippen LogP contribution in [0.25, 0.3) is 0 Å². The Labute approximate surface area is 101 Å². The standard InChI is InChI=1S/C9H11BrClNO3/c1-14-5-6(4-13)15-7-2-3-8(10)12-9(7)11/h2-3,6,13H,4-5H2,1H3. The van der Waals surface area contributed by atoms with E-state index in [-0.39, 0.29) is 11.8 Å². The van der Waals surface area contributed by atoms with Crippen molar-refractivity contribution in [3.8, 4) is 5.75 Å². The molecule has 1 heterocycles. The van der Waals surface area contributed by atoms with Crippen molar-refractivity contribution in [3.05, 3.63) is 21.9 Å². The molecular weight excluding hydrogens is 285 g/mol. The fraction of sp³-hybridized carbons (Fsp3) is 0.444. The van der Waals surface area contributed by atoms with Crippen molar-refractivity contribution in [2.75, 3.05) is 20.3 Å². The van der Waals surface area contributed by atoms with Gasteiger partial charge in [0.1, 0.15) is 10.7 Å². The summed E-state index contributed by atoms with van der Waals surface area (Å²) >= 11 is 9.03. The number of hydrogen-bond acceptors (Lipinski definition) is 4. The fourth-order valence-electron chi connectivity index (χ4n) is 0.977. The molecule has 0 saturated heterocycles. The molecule has 1 atom stereocenters. The summed E-state index contributed by atoms with van der Waals surface area (Å²) in [6.45, 7) is 0.156. The molecule has 15 heavy (non-hydrogen) atoms. The van der Waals surface area contributed by atoms with E-state index < -0.39 is 6.10 Å². The third-order valence-electron chi connectivity index (χ3n) is 1.63. The number of halogens is 2. The number of ether oxygens (including phenoxy) is 2. The summed E-state index contributed by atoms with van der Waals surface area (Å²) in [7, 11) is 1.54. The van der Waals surface area contributed by atoms with Crippen LogP contribution >= 0.6 is 27.5 Å². The highest BCUT2D eigenvalue weighted by Gasteiger charge is 2.12. The molecule has 0 aliphatic rings. The number of aliphatic hydroxyl groups is 1. The maximum Gasteiger partial charge on any atom is 0.172 e. The average molecular weight is 297 g/mol. The Morgan fingerprint density at radius 2 is 2.33 bits per heavy atom. The molecule has 0 spiro atoms. The topological polar surface area (TPSA) is 51.6 Å². The highest BCUT2D eigenvalue weighted by atomic mass is 79.9. The number of rotatable bonds is 5. The third kappa shape index (κ3) is 3.95. The van der Waals surface area contributed by atoms with Gasteiger partial charge in [0.2, 0.25) is 0 Å². The molecule has 0 aromatic carbocycles. The largest absolute Gasteiger partial charge is 0.482 e. The number of nitrogens with zero attached hydrogens (tertiary/aromatic N) is 1. The fourth-order valence-corrected chi connectivity index (χ4v) is 1.59. The van der Waals surface area contributed by atoms with E-state index in [1.807, 2.05) is 0 Å². The molecule has 0 fully saturated rings. The maximum absolute atomic E-state index is 8.99. The lowest BCUT2D eigenvalue weighted by atomic mass is 10.4. The van der Waals surface area contributed by atoms with Crippen LogP contribution in [0.3, 0.4) is 0 Å². The molecule has 1 N–H and O–H groups in total. The number of pyridine rings is 1. The first-order chi connectivity index (χ1) is 7.17. The minimum absolute atomic E-state index is 0.139. The molecule has 0 saturated carbocycles. The summed E-state index contributed by atoms with van der Waals surface area (Å²) in [5, 5.41) is 9.24. The summed E-state index contributed by atoms with van der Waals surface area (Å²) in [5.41, 5.74) is 0. The van der Waals surface area contributed by atoms with E-state index in [0.717, 1.165) is 0 Å². The van der Waals surface area contributed by atoms with Gasteiger partial charge in [-0.25, -0.2) is 4.98 Å².